The number of aryl methyl sites for hydroxylation is 1. The molecular formula is C13H11N3O3S. The predicted molar refractivity (Wildman–Crippen MR) is 74.6 cm³/mol. The van der Waals surface area contributed by atoms with Gasteiger partial charge in [-0.05, 0) is 6.07 Å². The predicted octanol–water partition coefficient (Wildman–Crippen LogP) is 2.40. The number of thioether (sulfide) groups is 1. The van der Waals surface area contributed by atoms with Crippen LogP contribution in [0.15, 0.2) is 40.1 Å². The van der Waals surface area contributed by atoms with Crippen molar-refractivity contribution in [1.29, 1.82) is 0 Å². The van der Waals surface area contributed by atoms with Crippen molar-refractivity contribution in [2.45, 2.75) is 5.16 Å². The normalized spacial score (nSPS) is 11.1. The van der Waals surface area contributed by atoms with Gasteiger partial charge in [0.15, 0.2) is 11.0 Å². The van der Waals surface area contributed by atoms with Crippen LogP contribution in [0.5, 0.6) is 0 Å². The lowest BCUT2D eigenvalue weighted by molar-refractivity contribution is -0.133. The van der Waals surface area contributed by atoms with Crippen LogP contribution in [0.1, 0.15) is 0 Å². The summed E-state index contributed by atoms with van der Waals surface area (Å²) in [5.41, 5.74) is 1.58. The Balaban J connectivity index is 1.98. The average Bonchev–Trinajstić information content (AvgIpc) is 3.00. The molecule has 0 aliphatic heterocycles. The number of carboxylic acid groups (broad SMARTS) is 1. The van der Waals surface area contributed by atoms with Crippen LogP contribution >= 0.6 is 11.8 Å². The van der Waals surface area contributed by atoms with Crippen LogP contribution in [0.2, 0.25) is 0 Å². The third-order valence-electron chi connectivity index (χ3n) is 2.77. The largest absolute Gasteiger partial charge is 0.481 e. The lowest BCUT2D eigenvalue weighted by Crippen LogP contribution is -2.00. The van der Waals surface area contributed by atoms with E-state index in [9.17, 15) is 4.79 Å². The molecule has 3 aromatic rings. The number of para-hydroxylation sites is 1. The Morgan fingerprint density at radius 3 is 3.05 bits per heavy atom. The fourth-order valence-electron chi connectivity index (χ4n) is 1.89. The lowest BCUT2D eigenvalue weighted by Gasteiger charge is -1.94. The minimum Gasteiger partial charge on any atom is -0.481 e. The van der Waals surface area contributed by atoms with Crippen LogP contribution < -0.4 is 0 Å². The molecule has 0 fully saturated rings. The van der Waals surface area contributed by atoms with Gasteiger partial charge < -0.3 is 9.52 Å². The second kappa shape index (κ2) is 5.01. The van der Waals surface area contributed by atoms with Gasteiger partial charge in [-0.25, -0.2) is 9.67 Å². The van der Waals surface area contributed by atoms with Gasteiger partial charge in [0.25, 0.3) is 0 Å². The monoisotopic (exact) mass is 289 g/mol. The first-order valence-electron chi connectivity index (χ1n) is 5.87. The Morgan fingerprint density at radius 1 is 1.45 bits per heavy atom. The standard InChI is InChI=1S/C13H11N3O3S/c1-16-13(20-7-11(17)18)14-12(15-16)9-6-19-10-5-3-2-4-8(9)10/h2-6H,7H2,1H3,(H,17,18). The second-order valence-corrected chi connectivity index (χ2v) is 5.11. The number of furan rings is 1. The molecule has 0 saturated carbocycles. The van der Waals surface area contributed by atoms with Crippen molar-refractivity contribution in [3.05, 3.63) is 30.5 Å². The molecular weight excluding hydrogens is 278 g/mol. The van der Waals surface area contributed by atoms with Crippen molar-refractivity contribution in [3.63, 3.8) is 0 Å². The number of hydrogen-bond donors (Lipinski definition) is 1. The second-order valence-electron chi connectivity index (χ2n) is 4.17. The van der Waals surface area contributed by atoms with Crippen LogP contribution in [0.3, 0.4) is 0 Å². The van der Waals surface area contributed by atoms with Gasteiger partial charge in [-0.15, -0.1) is 0 Å². The summed E-state index contributed by atoms with van der Waals surface area (Å²) in [6, 6.07) is 7.64. The summed E-state index contributed by atoms with van der Waals surface area (Å²) in [6.45, 7) is 0. The van der Waals surface area contributed by atoms with Crippen molar-refractivity contribution in [3.8, 4) is 11.4 Å². The molecule has 0 amide bonds. The van der Waals surface area contributed by atoms with Gasteiger partial charge >= 0.3 is 5.97 Å². The zero-order valence-corrected chi connectivity index (χ0v) is 11.4. The molecule has 0 saturated heterocycles. The van der Waals surface area contributed by atoms with Crippen LogP contribution in [-0.4, -0.2) is 31.6 Å². The number of rotatable bonds is 4. The van der Waals surface area contributed by atoms with Gasteiger partial charge in [0, 0.05) is 12.4 Å². The van der Waals surface area contributed by atoms with Gasteiger partial charge in [0.05, 0.1) is 11.3 Å². The van der Waals surface area contributed by atoms with Crippen molar-refractivity contribution >= 4 is 28.7 Å². The molecule has 6 nitrogen and oxygen atoms in total. The zero-order chi connectivity index (χ0) is 14.1. The maximum Gasteiger partial charge on any atom is 0.313 e. The van der Waals surface area contributed by atoms with E-state index < -0.39 is 5.97 Å². The Kier molecular flexibility index (Phi) is 3.19. The summed E-state index contributed by atoms with van der Waals surface area (Å²) in [6.07, 6.45) is 1.62. The van der Waals surface area contributed by atoms with E-state index >= 15 is 0 Å². The van der Waals surface area contributed by atoms with E-state index in [1.807, 2.05) is 24.3 Å². The number of fused-ring (bicyclic) bond motifs is 1. The SMILES string of the molecule is Cn1nc(-c2coc3ccccc23)nc1SCC(=O)O. The number of nitrogens with zero attached hydrogens (tertiary/aromatic N) is 3. The molecule has 7 heteroatoms. The van der Waals surface area contributed by atoms with Crippen LogP contribution in [0.4, 0.5) is 0 Å². The number of carbonyl (C=O) groups is 1. The minimum absolute atomic E-state index is 0.0435. The lowest BCUT2D eigenvalue weighted by atomic mass is 10.2. The molecule has 0 unspecified atom stereocenters. The van der Waals surface area contributed by atoms with Crippen LogP contribution in [0.25, 0.3) is 22.4 Å². The molecule has 0 spiro atoms. The Labute approximate surface area is 118 Å². The summed E-state index contributed by atoms with van der Waals surface area (Å²) >= 11 is 1.14. The smallest absolute Gasteiger partial charge is 0.313 e. The summed E-state index contributed by atoms with van der Waals surface area (Å²) in [5.74, 6) is -0.392. The highest BCUT2D eigenvalue weighted by atomic mass is 32.2. The minimum atomic E-state index is -0.881. The number of carboxylic acids is 1. The van der Waals surface area contributed by atoms with Crippen LogP contribution in [-0.2, 0) is 11.8 Å². The van der Waals surface area contributed by atoms with Crippen molar-refractivity contribution in [2.24, 2.45) is 7.05 Å². The molecule has 102 valence electrons. The maximum atomic E-state index is 10.6. The van der Waals surface area contributed by atoms with Gasteiger partial charge in [0.2, 0.25) is 0 Å². The first kappa shape index (κ1) is 12.7. The van der Waals surface area contributed by atoms with Crippen molar-refractivity contribution < 1.29 is 14.3 Å². The number of benzene rings is 1. The van der Waals surface area contributed by atoms with E-state index in [0.29, 0.717) is 11.0 Å². The molecule has 2 heterocycles. The molecule has 0 atom stereocenters. The molecule has 1 N–H and O–H groups in total. The molecule has 0 radical (unpaired) electrons. The summed E-state index contributed by atoms with van der Waals surface area (Å²) in [5, 5.41) is 14.5. The molecule has 3 rings (SSSR count). The van der Waals surface area contributed by atoms with Gasteiger partial charge in [-0.1, -0.05) is 30.0 Å². The first-order chi connectivity index (χ1) is 9.65. The molecule has 1 aromatic carbocycles. The summed E-state index contributed by atoms with van der Waals surface area (Å²) in [7, 11) is 1.74. The molecule has 0 bridgehead atoms. The topological polar surface area (TPSA) is 81.2 Å². The molecule has 2 aromatic heterocycles. The number of aliphatic carboxylic acids is 1. The van der Waals surface area contributed by atoms with E-state index in [2.05, 4.69) is 10.1 Å². The van der Waals surface area contributed by atoms with Gasteiger partial charge in [-0.3, -0.25) is 4.79 Å². The third-order valence-corrected chi connectivity index (χ3v) is 3.77. The fourth-order valence-corrected chi connectivity index (χ4v) is 2.52. The van der Waals surface area contributed by atoms with E-state index in [1.54, 1.807) is 18.0 Å². The molecule has 20 heavy (non-hydrogen) atoms. The van der Waals surface area contributed by atoms with Crippen molar-refractivity contribution in [2.75, 3.05) is 5.75 Å². The third kappa shape index (κ3) is 2.27. The van der Waals surface area contributed by atoms with Crippen molar-refractivity contribution in [1.82, 2.24) is 14.8 Å². The molecule has 0 aliphatic rings. The first-order valence-corrected chi connectivity index (χ1v) is 6.86. The van der Waals surface area contributed by atoms with E-state index in [4.69, 9.17) is 9.52 Å². The van der Waals surface area contributed by atoms with Gasteiger partial charge in [-0.2, -0.15) is 5.10 Å². The van der Waals surface area contributed by atoms with Gasteiger partial charge in [0.1, 0.15) is 11.8 Å². The number of aromatic nitrogens is 3. The summed E-state index contributed by atoms with van der Waals surface area (Å²) < 4.78 is 7.03. The highest BCUT2D eigenvalue weighted by molar-refractivity contribution is 7.99. The van der Waals surface area contributed by atoms with E-state index in [-0.39, 0.29) is 5.75 Å². The highest BCUT2D eigenvalue weighted by Gasteiger charge is 2.15. The Bertz CT molecular complexity index is 778. The number of hydrogen-bond acceptors (Lipinski definition) is 5. The van der Waals surface area contributed by atoms with E-state index in [1.165, 1.54) is 0 Å². The maximum absolute atomic E-state index is 10.6. The highest BCUT2D eigenvalue weighted by Crippen LogP contribution is 2.29. The fraction of sp³-hybridized carbons (Fsp3) is 0.154. The van der Waals surface area contributed by atoms with E-state index in [0.717, 1.165) is 28.3 Å². The Hall–Kier alpha value is -2.28. The Morgan fingerprint density at radius 2 is 2.25 bits per heavy atom. The van der Waals surface area contributed by atoms with Crippen LogP contribution in [0, 0.1) is 0 Å². The quantitative estimate of drug-likeness (QED) is 0.743. The average molecular weight is 289 g/mol. The molecule has 0 aliphatic carbocycles. The zero-order valence-electron chi connectivity index (χ0n) is 10.6. The summed E-state index contributed by atoms with van der Waals surface area (Å²) in [4.78, 5) is 15.0.